The van der Waals surface area contributed by atoms with Crippen LogP contribution in [-0.2, 0) is 16.6 Å². The van der Waals surface area contributed by atoms with Gasteiger partial charge in [0.15, 0.2) is 0 Å². The SMILES string of the molecule is COc1cccc(CN2[C@@H](c3ccccc3Cl)Nc3ccccc3S2(=O)=O)c1. The Kier molecular flexibility index (Phi) is 5.02. The molecule has 0 unspecified atom stereocenters. The molecule has 0 bridgehead atoms. The Morgan fingerprint density at radius 3 is 2.57 bits per heavy atom. The summed E-state index contributed by atoms with van der Waals surface area (Å²) in [4.78, 5) is 0.251. The van der Waals surface area contributed by atoms with E-state index in [0.717, 1.165) is 5.56 Å². The molecule has 144 valence electrons. The smallest absolute Gasteiger partial charge is 0.247 e. The average Bonchev–Trinajstić information content (AvgIpc) is 2.71. The second-order valence-corrected chi connectivity index (χ2v) is 8.73. The van der Waals surface area contributed by atoms with Crippen LogP contribution in [0.25, 0.3) is 0 Å². The summed E-state index contributed by atoms with van der Waals surface area (Å²) in [7, 11) is -2.16. The summed E-state index contributed by atoms with van der Waals surface area (Å²) in [6.07, 6.45) is -0.625. The Balaban J connectivity index is 1.84. The number of nitrogens with one attached hydrogen (secondary N) is 1. The normalized spacial score (nSPS) is 18.1. The number of hydrogen-bond donors (Lipinski definition) is 1. The van der Waals surface area contributed by atoms with E-state index in [2.05, 4.69) is 5.32 Å². The van der Waals surface area contributed by atoms with E-state index in [1.807, 2.05) is 48.5 Å². The lowest BCUT2D eigenvalue weighted by Crippen LogP contribution is -2.42. The molecule has 0 aliphatic carbocycles. The second-order valence-electron chi connectivity index (χ2n) is 6.47. The predicted molar refractivity (Wildman–Crippen MR) is 110 cm³/mol. The van der Waals surface area contributed by atoms with E-state index in [9.17, 15) is 8.42 Å². The van der Waals surface area contributed by atoms with E-state index in [-0.39, 0.29) is 11.4 Å². The first-order chi connectivity index (χ1) is 13.5. The lowest BCUT2D eigenvalue weighted by Gasteiger charge is -2.37. The third-order valence-corrected chi connectivity index (χ3v) is 6.94. The second kappa shape index (κ2) is 7.47. The minimum atomic E-state index is -3.74. The molecule has 1 aliphatic rings. The molecule has 0 aromatic heterocycles. The van der Waals surface area contributed by atoms with Crippen molar-refractivity contribution in [3.8, 4) is 5.75 Å². The van der Waals surface area contributed by atoms with E-state index in [1.165, 1.54) is 4.31 Å². The maximum atomic E-state index is 13.5. The van der Waals surface area contributed by atoms with Gasteiger partial charge in [-0.1, -0.05) is 54.1 Å². The minimum Gasteiger partial charge on any atom is -0.497 e. The number of fused-ring (bicyclic) bond motifs is 1. The van der Waals surface area contributed by atoms with Gasteiger partial charge in [-0.15, -0.1) is 0 Å². The van der Waals surface area contributed by atoms with Crippen LogP contribution in [0.15, 0.2) is 77.7 Å². The number of benzene rings is 3. The number of rotatable bonds is 4. The topological polar surface area (TPSA) is 58.6 Å². The number of nitrogens with zero attached hydrogens (tertiary/aromatic N) is 1. The highest BCUT2D eigenvalue weighted by molar-refractivity contribution is 7.89. The summed E-state index contributed by atoms with van der Waals surface area (Å²) in [6, 6.07) is 21.5. The molecule has 0 spiro atoms. The molecule has 1 aliphatic heterocycles. The molecule has 0 radical (unpaired) electrons. The van der Waals surface area contributed by atoms with Gasteiger partial charge < -0.3 is 10.1 Å². The third-order valence-electron chi connectivity index (χ3n) is 4.73. The average molecular weight is 415 g/mol. The maximum Gasteiger partial charge on any atom is 0.247 e. The van der Waals surface area contributed by atoms with Crippen LogP contribution in [0.5, 0.6) is 5.75 Å². The zero-order chi connectivity index (χ0) is 19.7. The van der Waals surface area contributed by atoms with E-state index >= 15 is 0 Å². The zero-order valence-electron chi connectivity index (χ0n) is 15.2. The molecule has 7 heteroatoms. The molecule has 1 N–H and O–H groups in total. The van der Waals surface area contributed by atoms with Crippen molar-refractivity contribution in [2.75, 3.05) is 12.4 Å². The molecule has 3 aromatic rings. The number of para-hydroxylation sites is 1. The summed E-state index contributed by atoms with van der Waals surface area (Å²) in [5, 5.41) is 3.84. The molecule has 5 nitrogen and oxygen atoms in total. The van der Waals surface area contributed by atoms with Crippen LogP contribution in [0.1, 0.15) is 17.3 Å². The van der Waals surface area contributed by atoms with Gasteiger partial charge in [-0.2, -0.15) is 4.31 Å². The van der Waals surface area contributed by atoms with Crippen molar-refractivity contribution in [1.29, 1.82) is 0 Å². The summed E-state index contributed by atoms with van der Waals surface area (Å²) < 4.78 is 33.7. The highest BCUT2D eigenvalue weighted by Crippen LogP contribution is 2.40. The van der Waals surface area contributed by atoms with Crippen LogP contribution in [0, 0.1) is 0 Å². The summed E-state index contributed by atoms with van der Waals surface area (Å²) >= 11 is 6.41. The molecule has 4 rings (SSSR count). The van der Waals surface area contributed by atoms with Crippen LogP contribution < -0.4 is 10.1 Å². The molecule has 0 fully saturated rings. The van der Waals surface area contributed by atoms with E-state index < -0.39 is 16.2 Å². The molecule has 0 saturated carbocycles. The molecule has 3 aromatic carbocycles. The van der Waals surface area contributed by atoms with Crippen molar-refractivity contribution < 1.29 is 13.2 Å². The summed E-state index contributed by atoms with van der Waals surface area (Å²) in [5.41, 5.74) is 2.08. The van der Waals surface area contributed by atoms with Crippen LogP contribution in [-0.4, -0.2) is 19.8 Å². The van der Waals surface area contributed by atoms with Gasteiger partial charge in [0.05, 0.1) is 12.8 Å². The Labute approximate surface area is 169 Å². The fourth-order valence-electron chi connectivity index (χ4n) is 3.35. The van der Waals surface area contributed by atoms with Crippen molar-refractivity contribution >= 4 is 27.3 Å². The first-order valence-electron chi connectivity index (χ1n) is 8.75. The van der Waals surface area contributed by atoms with Crippen LogP contribution in [0.3, 0.4) is 0 Å². The molecule has 0 amide bonds. The number of anilines is 1. The first-order valence-corrected chi connectivity index (χ1v) is 10.6. The number of hydrogen-bond acceptors (Lipinski definition) is 4. The minimum absolute atomic E-state index is 0.177. The highest BCUT2D eigenvalue weighted by atomic mass is 35.5. The molecule has 1 atom stereocenters. The fraction of sp³-hybridized carbons (Fsp3) is 0.143. The highest BCUT2D eigenvalue weighted by Gasteiger charge is 2.39. The van der Waals surface area contributed by atoms with Gasteiger partial charge in [0, 0.05) is 17.1 Å². The lowest BCUT2D eigenvalue weighted by atomic mass is 10.1. The van der Waals surface area contributed by atoms with Gasteiger partial charge in [-0.25, -0.2) is 8.42 Å². The van der Waals surface area contributed by atoms with Crippen molar-refractivity contribution in [3.05, 3.63) is 88.9 Å². The van der Waals surface area contributed by atoms with Crippen molar-refractivity contribution in [2.45, 2.75) is 17.6 Å². The maximum absolute atomic E-state index is 13.5. The van der Waals surface area contributed by atoms with Gasteiger partial charge in [0.1, 0.15) is 16.8 Å². The van der Waals surface area contributed by atoms with Crippen LogP contribution in [0.2, 0.25) is 5.02 Å². The molecule has 1 heterocycles. The van der Waals surface area contributed by atoms with E-state index in [0.29, 0.717) is 22.0 Å². The molecule has 28 heavy (non-hydrogen) atoms. The van der Waals surface area contributed by atoms with Gasteiger partial charge in [0.2, 0.25) is 10.0 Å². The number of halogens is 1. The standard InChI is InChI=1S/C21H19ClN2O3S/c1-27-16-8-6-7-15(13-16)14-24-21(17-9-2-3-10-18(17)22)23-19-11-4-5-12-20(19)28(24,25)26/h2-13,21,23H,14H2,1H3/t21-/m0/s1. The van der Waals surface area contributed by atoms with Crippen LogP contribution >= 0.6 is 11.6 Å². The monoisotopic (exact) mass is 414 g/mol. The van der Waals surface area contributed by atoms with Gasteiger partial charge in [-0.3, -0.25) is 0 Å². The van der Waals surface area contributed by atoms with E-state index in [4.69, 9.17) is 16.3 Å². The van der Waals surface area contributed by atoms with Crippen molar-refractivity contribution in [3.63, 3.8) is 0 Å². The molecule has 0 saturated heterocycles. The fourth-order valence-corrected chi connectivity index (χ4v) is 5.26. The zero-order valence-corrected chi connectivity index (χ0v) is 16.7. The quantitative estimate of drug-likeness (QED) is 0.674. The molecular weight excluding hydrogens is 396 g/mol. The summed E-state index contributed by atoms with van der Waals surface area (Å²) in [5.74, 6) is 0.676. The molecular formula is C21H19ClN2O3S. The van der Waals surface area contributed by atoms with Crippen molar-refractivity contribution in [2.24, 2.45) is 0 Å². The predicted octanol–water partition coefficient (Wildman–Crippen LogP) is 4.66. The van der Waals surface area contributed by atoms with Crippen LogP contribution in [0.4, 0.5) is 5.69 Å². The Bertz CT molecular complexity index is 1120. The van der Waals surface area contributed by atoms with Crippen molar-refractivity contribution in [1.82, 2.24) is 4.31 Å². The van der Waals surface area contributed by atoms with Gasteiger partial charge in [-0.05, 0) is 35.9 Å². The Morgan fingerprint density at radius 1 is 1.04 bits per heavy atom. The van der Waals surface area contributed by atoms with Gasteiger partial charge >= 0.3 is 0 Å². The number of methoxy groups -OCH3 is 1. The largest absolute Gasteiger partial charge is 0.497 e. The van der Waals surface area contributed by atoms with Gasteiger partial charge in [0.25, 0.3) is 0 Å². The third kappa shape index (κ3) is 3.35. The summed E-state index contributed by atoms with van der Waals surface area (Å²) in [6.45, 7) is 0.177. The lowest BCUT2D eigenvalue weighted by molar-refractivity contribution is 0.335. The number of sulfonamides is 1. The Morgan fingerprint density at radius 2 is 1.79 bits per heavy atom. The first kappa shape index (κ1) is 18.8. The Hall–Kier alpha value is -2.54. The van der Waals surface area contributed by atoms with E-state index in [1.54, 1.807) is 31.4 Å². The number of ether oxygens (including phenoxy) is 1.